The summed E-state index contributed by atoms with van der Waals surface area (Å²) < 4.78 is 20.7. The quantitative estimate of drug-likeness (QED) is 0.813. The molecule has 2 rings (SSSR count). The molecule has 102 valence electrons. The van der Waals surface area contributed by atoms with Gasteiger partial charge in [-0.05, 0) is 18.6 Å². The van der Waals surface area contributed by atoms with Crippen molar-refractivity contribution >= 4 is 5.95 Å². The number of unbranched alkanes of at least 4 members (excludes halogenated alkanes) is 1. The molecular weight excluding hydrogens is 245 g/mol. The van der Waals surface area contributed by atoms with E-state index in [0.717, 1.165) is 19.4 Å². The normalized spacial score (nSPS) is 10.5. The summed E-state index contributed by atoms with van der Waals surface area (Å²) in [6.45, 7) is 2.94. The van der Waals surface area contributed by atoms with Crippen molar-refractivity contribution in [1.29, 1.82) is 0 Å². The lowest BCUT2D eigenvalue weighted by Gasteiger charge is -2.11. The lowest BCUT2D eigenvalue weighted by molar-refractivity contribution is 0.413. The maximum absolute atomic E-state index is 13.9. The molecule has 0 amide bonds. The molecule has 0 unspecified atom stereocenters. The molecule has 5 heteroatoms. The molecule has 0 aliphatic carbocycles. The number of hydrogen-bond donors (Lipinski definition) is 1. The highest BCUT2D eigenvalue weighted by atomic mass is 19.1. The average Bonchev–Trinajstić information content (AvgIpc) is 2.88. The molecule has 0 atom stereocenters. The first-order valence-electron chi connectivity index (χ1n) is 6.37. The zero-order chi connectivity index (χ0) is 13.7. The largest absolute Gasteiger partial charge is 0.497 e. The Morgan fingerprint density at radius 1 is 1.42 bits per heavy atom. The molecule has 0 saturated heterocycles. The Labute approximate surface area is 112 Å². The lowest BCUT2D eigenvalue weighted by Crippen LogP contribution is -2.08. The van der Waals surface area contributed by atoms with E-state index in [0.29, 0.717) is 17.4 Å². The van der Waals surface area contributed by atoms with Crippen LogP contribution in [0.4, 0.5) is 10.3 Å². The van der Waals surface area contributed by atoms with Crippen molar-refractivity contribution in [1.82, 2.24) is 9.55 Å². The summed E-state index contributed by atoms with van der Waals surface area (Å²) >= 11 is 0. The minimum Gasteiger partial charge on any atom is -0.497 e. The van der Waals surface area contributed by atoms with E-state index in [-0.39, 0.29) is 5.82 Å². The summed E-state index contributed by atoms with van der Waals surface area (Å²) in [4.78, 5) is 4.21. The Kier molecular flexibility index (Phi) is 4.39. The number of imidazole rings is 1. The summed E-state index contributed by atoms with van der Waals surface area (Å²) in [6.07, 6.45) is 5.52. The monoisotopic (exact) mass is 263 g/mol. The Morgan fingerprint density at radius 3 is 3.00 bits per heavy atom. The van der Waals surface area contributed by atoms with E-state index in [2.05, 4.69) is 17.2 Å². The first kappa shape index (κ1) is 13.4. The van der Waals surface area contributed by atoms with Crippen molar-refractivity contribution in [2.75, 3.05) is 19.0 Å². The molecular formula is C14H18FN3O. The first-order valence-corrected chi connectivity index (χ1v) is 6.37. The van der Waals surface area contributed by atoms with Gasteiger partial charge in [0.25, 0.3) is 0 Å². The van der Waals surface area contributed by atoms with E-state index < -0.39 is 0 Å². The minimum atomic E-state index is -0.308. The molecule has 2 aromatic rings. The number of ether oxygens (including phenoxy) is 1. The highest BCUT2D eigenvalue weighted by Gasteiger charge is 2.10. The topological polar surface area (TPSA) is 39.1 Å². The van der Waals surface area contributed by atoms with Crippen LogP contribution in [-0.4, -0.2) is 23.2 Å². The summed E-state index contributed by atoms with van der Waals surface area (Å²) in [6, 6.07) is 4.64. The lowest BCUT2D eigenvalue weighted by atomic mass is 10.3. The van der Waals surface area contributed by atoms with Crippen LogP contribution in [0.3, 0.4) is 0 Å². The zero-order valence-electron chi connectivity index (χ0n) is 11.2. The van der Waals surface area contributed by atoms with Crippen molar-refractivity contribution in [3.8, 4) is 11.4 Å². The van der Waals surface area contributed by atoms with Gasteiger partial charge in [0.2, 0.25) is 5.95 Å². The third-order valence-corrected chi connectivity index (χ3v) is 2.87. The molecule has 1 N–H and O–H groups in total. The summed E-state index contributed by atoms with van der Waals surface area (Å²) in [5, 5.41) is 3.20. The SMILES string of the molecule is CCCCNc1nccn1-c1cc(OC)ccc1F. The van der Waals surface area contributed by atoms with Crippen molar-refractivity contribution in [3.05, 3.63) is 36.4 Å². The van der Waals surface area contributed by atoms with Gasteiger partial charge < -0.3 is 10.1 Å². The van der Waals surface area contributed by atoms with Crippen LogP contribution in [0.1, 0.15) is 19.8 Å². The van der Waals surface area contributed by atoms with Gasteiger partial charge in [-0.15, -0.1) is 0 Å². The van der Waals surface area contributed by atoms with Gasteiger partial charge in [-0.25, -0.2) is 9.37 Å². The van der Waals surface area contributed by atoms with Crippen LogP contribution in [0.5, 0.6) is 5.75 Å². The van der Waals surface area contributed by atoms with E-state index in [1.54, 1.807) is 36.2 Å². The molecule has 0 saturated carbocycles. The molecule has 0 radical (unpaired) electrons. The zero-order valence-corrected chi connectivity index (χ0v) is 11.2. The molecule has 1 heterocycles. The van der Waals surface area contributed by atoms with Gasteiger partial charge in [0.15, 0.2) is 0 Å². The maximum Gasteiger partial charge on any atom is 0.207 e. The van der Waals surface area contributed by atoms with E-state index in [1.165, 1.54) is 6.07 Å². The van der Waals surface area contributed by atoms with E-state index in [9.17, 15) is 4.39 Å². The molecule has 4 nitrogen and oxygen atoms in total. The van der Waals surface area contributed by atoms with Gasteiger partial charge in [-0.3, -0.25) is 4.57 Å². The number of benzene rings is 1. The Hall–Kier alpha value is -2.04. The van der Waals surface area contributed by atoms with Gasteiger partial charge in [-0.2, -0.15) is 0 Å². The fourth-order valence-corrected chi connectivity index (χ4v) is 1.81. The summed E-state index contributed by atoms with van der Waals surface area (Å²) in [5.41, 5.74) is 0.427. The highest BCUT2D eigenvalue weighted by Crippen LogP contribution is 2.23. The number of aromatic nitrogens is 2. The van der Waals surface area contributed by atoms with Crippen molar-refractivity contribution < 1.29 is 9.13 Å². The van der Waals surface area contributed by atoms with Gasteiger partial charge >= 0.3 is 0 Å². The molecule has 0 aliphatic rings. The highest BCUT2D eigenvalue weighted by molar-refractivity contribution is 5.46. The smallest absolute Gasteiger partial charge is 0.207 e. The number of hydrogen-bond acceptors (Lipinski definition) is 3. The van der Waals surface area contributed by atoms with E-state index in [1.807, 2.05) is 0 Å². The molecule has 1 aromatic carbocycles. The van der Waals surface area contributed by atoms with Crippen LogP contribution in [0.25, 0.3) is 5.69 Å². The Balaban J connectivity index is 2.28. The third-order valence-electron chi connectivity index (χ3n) is 2.87. The minimum absolute atomic E-state index is 0.308. The predicted molar refractivity (Wildman–Crippen MR) is 73.5 cm³/mol. The van der Waals surface area contributed by atoms with Gasteiger partial charge in [-0.1, -0.05) is 13.3 Å². The molecule has 0 spiro atoms. The molecule has 1 aromatic heterocycles. The van der Waals surface area contributed by atoms with Gasteiger partial charge in [0.05, 0.1) is 12.8 Å². The summed E-state index contributed by atoms with van der Waals surface area (Å²) in [5.74, 6) is 0.947. The average molecular weight is 263 g/mol. The molecule has 0 aliphatic heterocycles. The fourth-order valence-electron chi connectivity index (χ4n) is 1.81. The number of methoxy groups -OCH3 is 1. The van der Waals surface area contributed by atoms with Gasteiger partial charge in [0.1, 0.15) is 11.6 Å². The second-order valence-electron chi connectivity index (χ2n) is 4.22. The van der Waals surface area contributed by atoms with Crippen molar-refractivity contribution in [2.24, 2.45) is 0 Å². The molecule has 19 heavy (non-hydrogen) atoms. The van der Waals surface area contributed by atoms with E-state index >= 15 is 0 Å². The number of nitrogens with zero attached hydrogens (tertiary/aromatic N) is 2. The van der Waals surface area contributed by atoms with Crippen molar-refractivity contribution in [3.63, 3.8) is 0 Å². The van der Waals surface area contributed by atoms with Crippen molar-refractivity contribution in [2.45, 2.75) is 19.8 Å². The summed E-state index contributed by atoms with van der Waals surface area (Å²) in [7, 11) is 1.56. The second-order valence-corrected chi connectivity index (χ2v) is 4.22. The van der Waals surface area contributed by atoms with Gasteiger partial charge in [0, 0.05) is 25.0 Å². The van der Waals surface area contributed by atoms with E-state index in [4.69, 9.17) is 4.74 Å². The van der Waals surface area contributed by atoms with Crippen LogP contribution >= 0.6 is 0 Å². The predicted octanol–water partition coefficient (Wildman–Crippen LogP) is 3.23. The first-order chi connectivity index (χ1) is 9.26. The standard InChI is InChI=1S/C14H18FN3O/c1-3-4-7-16-14-17-8-9-18(14)13-10-11(19-2)5-6-12(13)15/h5-6,8-10H,3-4,7H2,1-2H3,(H,16,17). The number of anilines is 1. The van der Waals surface area contributed by atoms with Crippen LogP contribution < -0.4 is 10.1 Å². The van der Waals surface area contributed by atoms with Crippen LogP contribution in [0.15, 0.2) is 30.6 Å². The van der Waals surface area contributed by atoms with Crippen LogP contribution in [-0.2, 0) is 0 Å². The third kappa shape index (κ3) is 3.05. The number of rotatable bonds is 6. The van der Waals surface area contributed by atoms with Crippen LogP contribution in [0.2, 0.25) is 0 Å². The maximum atomic E-state index is 13.9. The molecule has 0 fully saturated rings. The number of nitrogens with one attached hydrogen (secondary N) is 1. The second kappa shape index (κ2) is 6.22. The fraction of sp³-hybridized carbons (Fsp3) is 0.357. The van der Waals surface area contributed by atoms with Crippen LogP contribution in [0, 0.1) is 5.82 Å². The number of halogens is 1. The Bertz CT molecular complexity index is 539. The Morgan fingerprint density at radius 2 is 2.26 bits per heavy atom. The molecule has 0 bridgehead atoms.